The lowest BCUT2D eigenvalue weighted by Crippen LogP contribution is -2.43. The highest BCUT2D eigenvalue weighted by molar-refractivity contribution is 9.10. The topological polar surface area (TPSA) is 29.1 Å². The van der Waals surface area contributed by atoms with Crippen molar-refractivity contribution in [3.8, 4) is 0 Å². The van der Waals surface area contributed by atoms with Crippen molar-refractivity contribution in [2.24, 2.45) is 0 Å². The van der Waals surface area contributed by atoms with Crippen LogP contribution >= 0.6 is 27.7 Å². The van der Waals surface area contributed by atoms with Crippen LogP contribution in [-0.4, -0.2) is 17.2 Å². The largest absolute Gasteiger partial charge is 0.348 e. The molecule has 4 rings (SSSR count). The summed E-state index contributed by atoms with van der Waals surface area (Å²) >= 11 is 5.38. The fraction of sp³-hybridized carbons (Fsp3) is 0.261. The highest BCUT2D eigenvalue weighted by Gasteiger charge is 2.28. The zero-order valence-electron chi connectivity index (χ0n) is 15.0. The van der Waals surface area contributed by atoms with Crippen molar-refractivity contribution in [1.82, 2.24) is 5.32 Å². The van der Waals surface area contributed by atoms with Crippen LogP contribution in [0.2, 0.25) is 0 Å². The Balaban J connectivity index is 1.52. The molecule has 27 heavy (non-hydrogen) atoms. The Morgan fingerprint density at radius 3 is 2.52 bits per heavy atom. The molecule has 4 heteroatoms. The Bertz CT molecular complexity index is 935. The van der Waals surface area contributed by atoms with E-state index in [1.165, 1.54) is 17.7 Å². The molecule has 0 heterocycles. The molecular formula is C23H22BrNOS. The van der Waals surface area contributed by atoms with E-state index in [1.807, 2.05) is 42.1 Å². The number of nitrogens with one attached hydrogen (secondary N) is 1. The number of rotatable bonds is 4. The Kier molecular flexibility index (Phi) is 5.84. The zero-order chi connectivity index (χ0) is 18.6. The van der Waals surface area contributed by atoms with Crippen molar-refractivity contribution < 1.29 is 4.79 Å². The third-order valence-electron chi connectivity index (χ3n) is 5.15. The second-order valence-electron chi connectivity index (χ2n) is 7.00. The van der Waals surface area contributed by atoms with Gasteiger partial charge in [-0.05, 0) is 53.9 Å². The van der Waals surface area contributed by atoms with E-state index in [2.05, 4.69) is 57.6 Å². The van der Waals surface area contributed by atoms with Gasteiger partial charge in [-0.1, -0.05) is 65.2 Å². The van der Waals surface area contributed by atoms with Crippen LogP contribution in [0.25, 0.3) is 10.8 Å². The Labute approximate surface area is 172 Å². The fourth-order valence-electron chi connectivity index (χ4n) is 3.76. The number of carbonyl (C=O) groups excluding carboxylic acids is 1. The molecule has 2 nitrogen and oxygen atoms in total. The van der Waals surface area contributed by atoms with Crippen molar-refractivity contribution in [2.45, 2.75) is 41.9 Å². The summed E-state index contributed by atoms with van der Waals surface area (Å²) in [6, 6.07) is 22.7. The van der Waals surface area contributed by atoms with Gasteiger partial charge < -0.3 is 5.32 Å². The lowest BCUT2D eigenvalue weighted by Gasteiger charge is -2.32. The Morgan fingerprint density at radius 1 is 0.926 bits per heavy atom. The van der Waals surface area contributed by atoms with Crippen LogP contribution in [0.3, 0.4) is 0 Å². The normalized spacial score (nSPS) is 19.7. The van der Waals surface area contributed by atoms with Gasteiger partial charge in [0.15, 0.2) is 0 Å². The summed E-state index contributed by atoms with van der Waals surface area (Å²) in [4.78, 5) is 14.3. The van der Waals surface area contributed by atoms with Crippen molar-refractivity contribution >= 4 is 44.4 Å². The van der Waals surface area contributed by atoms with Gasteiger partial charge in [0, 0.05) is 26.2 Å². The van der Waals surface area contributed by atoms with E-state index < -0.39 is 0 Å². The first kappa shape index (κ1) is 18.6. The molecule has 3 aromatic rings. The molecule has 0 aliphatic heterocycles. The molecule has 0 bridgehead atoms. The van der Waals surface area contributed by atoms with E-state index >= 15 is 0 Å². The number of thioether (sulfide) groups is 1. The van der Waals surface area contributed by atoms with Crippen molar-refractivity contribution in [3.63, 3.8) is 0 Å². The molecule has 1 fully saturated rings. The van der Waals surface area contributed by atoms with Crippen LogP contribution in [0.15, 0.2) is 76.1 Å². The number of hydrogen-bond acceptors (Lipinski definition) is 2. The molecule has 2 atom stereocenters. The molecule has 1 aliphatic carbocycles. The lowest BCUT2D eigenvalue weighted by molar-refractivity contribution is 0.0931. The highest BCUT2D eigenvalue weighted by atomic mass is 79.9. The van der Waals surface area contributed by atoms with E-state index in [9.17, 15) is 4.79 Å². The maximum Gasteiger partial charge on any atom is 0.252 e. The van der Waals surface area contributed by atoms with Crippen LogP contribution in [0.5, 0.6) is 0 Å². The number of amides is 1. The third kappa shape index (κ3) is 4.39. The number of halogens is 1. The van der Waals surface area contributed by atoms with E-state index in [4.69, 9.17) is 0 Å². The summed E-state index contributed by atoms with van der Waals surface area (Å²) in [6.45, 7) is 0. The van der Waals surface area contributed by atoms with Crippen LogP contribution in [0.4, 0.5) is 0 Å². The second kappa shape index (κ2) is 8.49. The van der Waals surface area contributed by atoms with E-state index in [-0.39, 0.29) is 11.9 Å². The van der Waals surface area contributed by atoms with Gasteiger partial charge in [0.2, 0.25) is 0 Å². The van der Waals surface area contributed by atoms with Gasteiger partial charge in [-0.2, -0.15) is 0 Å². The molecular weight excluding hydrogens is 418 g/mol. The van der Waals surface area contributed by atoms with E-state index in [1.54, 1.807) is 0 Å². The summed E-state index contributed by atoms with van der Waals surface area (Å²) in [6.07, 6.45) is 4.60. The van der Waals surface area contributed by atoms with Crippen molar-refractivity contribution in [3.05, 3.63) is 76.8 Å². The van der Waals surface area contributed by atoms with Crippen LogP contribution in [0, 0.1) is 0 Å². The van der Waals surface area contributed by atoms with Gasteiger partial charge in [-0.25, -0.2) is 0 Å². The maximum atomic E-state index is 13.0. The molecule has 0 aromatic heterocycles. The SMILES string of the molecule is O=C(N[C@@H]1CCCC[C@H]1Sc1ccc(Br)cc1)c1cccc2ccccc12. The summed E-state index contributed by atoms with van der Waals surface area (Å²) in [7, 11) is 0. The Morgan fingerprint density at radius 2 is 1.67 bits per heavy atom. The molecule has 3 aromatic carbocycles. The average Bonchev–Trinajstić information content (AvgIpc) is 2.70. The van der Waals surface area contributed by atoms with Gasteiger partial charge in [0.05, 0.1) is 0 Å². The Hall–Kier alpha value is -1.78. The van der Waals surface area contributed by atoms with Gasteiger partial charge in [-0.3, -0.25) is 4.79 Å². The standard InChI is InChI=1S/C23H22BrNOS/c24-17-12-14-18(15-13-17)27-22-11-4-3-10-21(22)25-23(26)20-9-5-7-16-6-1-2-8-19(16)20/h1-2,5-9,12-15,21-22H,3-4,10-11H2,(H,25,26)/t21-,22-/m1/s1. The molecule has 1 N–H and O–H groups in total. The number of hydrogen-bond donors (Lipinski definition) is 1. The highest BCUT2D eigenvalue weighted by Crippen LogP contribution is 2.34. The fourth-order valence-corrected chi connectivity index (χ4v) is 5.32. The summed E-state index contributed by atoms with van der Waals surface area (Å²) < 4.78 is 1.09. The van der Waals surface area contributed by atoms with Gasteiger partial charge in [0.1, 0.15) is 0 Å². The second-order valence-corrected chi connectivity index (χ2v) is 9.23. The first-order chi connectivity index (χ1) is 13.2. The third-order valence-corrected chi connectivity index (χ3v) is 7.09. The molecule has 1 saturated carbocycles. The smallest absolute Gasteiger partial charge is 0.252 e. The summed E-state index contributed by atoms with van der Waals surface area (Å²) in [5.41, 5.74) is 0.770. The van der Waals surface area contributed by atoms with E-state index in [0.717, 1.165) is 33.7 Å². The summed E-state index contributed by atoms with van der Waals surface area (Å²) in [5, 5.41) is 5.88. The van der Waals surface area contributed by atoms with Crippen LogP contribution in [0.1, 0.15) is 36.0 Å². The first-order valence-electron chi connectivity index (χ1n) is 9.41. The maximum absolute atomic E-state index is 13.0. The van der Waals surface area contributed by atoms with Gasteiger partial charge in [0.25, 0.3) is 5.91 Å². The van der Waals surface area contributed by atoms with E-state index in [0.29, 0.717) is 5.25 Å². The quantitative estimate of drug-likeness (QED) is 0.506. The molecule has 1 amide bonds. The summed E-state index contributed by atoms with van der Waals surface area (Å²) in [5.74, 6) is 0.0418. The molecule has 0 spiro atoms. The predicted octanol–water partition coefficient (Wildman–Crippen LogP) is 6.44. The van der Waals surface area contributed by atoms with Crippen molar-refractivity contribution in [2.75, 3.05) is 0 Å². The van der Waals surface area contributed by atoms with Crippen LogP contribution in [-0.2, 0) is 0 Å². The number of fused-ring (bicyclic) bond motifs is 1. The van der Waals surface area contributed by atoms with Crippen molar-refractivity contribution in [1.29, 1.82) is 0 Å². The molecule has 138 valence electrons. The first-order valence-corrected chi connectivity index (χ1v) is 11.1. The van der Waals surface area contributed by atoms with Crippen LogP contribution < -0.4 is 5.32 Å². The lowest BCUT2D eigenvalue weighted by atomic mass is 9.94. The molecule has 0 unspecified atom stereocenters. The molecule has 0 saturated heterocycles. The minimum absolute atomic E-state index is 0.0418. The zero-order valence-corrected chi connectivity index (χ0v) is 17.4. The molecule has 1 aliphatic rings. The number of benzene rings is 3. The monoisotopic (exact) mass is 439 g/mol. The average molecular weight is 440 g/mol. The number of carbonyl (C=O) groups is 1. The molecule has 0 radical (unpaired) electrons. The minimum atomic E-state index is 0.0418. The van der Waals surface area contributed by atoms with Gasteiger partial charge in [-0.15, -0.1) is 11.8 Å². The van der Waals surface area contributed by atoms with Gasteiger partial charge >= 0.3 is 0 Å². The minimum Gasteiger partial charge on any atom is -0.348 e. The predicted molar refractivity (Wildman–Crippen MR) is 117 cm³/mol.